The Morgan fingerprint density at radius 2 is 2.02 bits per heavy atom. The van der Waals surface area contributed by atoms with Crippen molar-refractivity contribution in [1.29, 1.82) is 5.26 Å². The maximum Gasteiger partial charge on any atom is 0.223 e. The number of aliphatic hydroxyl groups excluding tert-OH is 1. The van der Waals surface area contributed by atoms with Crippen molar-refractivity contribution >= 4 is 17.2 Å². The molecule has 40 heavy (non-hydrogen) atoms. The lowest BCUT2D eigenvalue weighted by molar-refractivity contribution is -0.125. The Morgan fingerprint density at radius 3 is 2.67 bits per heavy atom. The number of amides is 1. The number of morpholine rings is 1. The first-order valence-electron chi connectivity index (χ1n) is 13.9. The number of pyridine rings is 2. The third kappa shape index (κ3) is 6.20. The van der Waals surface area contributed by atoms with Gasteiger partial charge in [0.2, 0.25) is 5.91 Å². The number of nitrogens with one attached hydrogen (secondary N) is 1. The predicted octanol–water partition coefficient (Wildman–Crippen LogP) is 2.22. The quantitative estimate of drug-likeness (QED) is 0.414. The van der Waals surface area contributed by atoms with Crippen molar-refractivity contribution in [2.75, 3.05) is 57.4 Å². The van der Waals surface area contributed by atoms with Crippen molar-refractivity contribution in [2.45, 2.75) is 44.8 Å². The fraction of sp³-hybridized carbons (Fsp3) is 0.517. The first kappa shape index (κ1) is 27.8. The lowest BCUT2D eigenvalue weighted by atomic mass is 9.86. The van der Waals surface area contributed by atoms with Crippen molar-refractivity contribution in [3.8, 4) is 22.9 Å². The third-order valence-corrected chi connectivity index (χ3v) is 7.64. The number of rotatable bonds is 9. The van der Waals surface area contributed by atoms with E-state index >= 15 is 0 Å². The zero-order valence-corrected chi connectivity index (χ0v) is 23.2. The first-order chi connectivity index (χ1) is 19.4. The highest BCUT2D eigenvalue weighted by Crippen LogP contribution is 2.32. The summed E-state index contributed by atoms with van der Waals surface area (Å²) in [7, 11) is 0. The second kappa shape index (κ2) is 12.2. The molecule has 3 aromatic heterocycles. The molecule has 1 unspecified atom stereocenters. The molecule has 11 heteroatoms. The van der Waals surface area contributed by atoms with Crippen molar-refractivity contribution in [1.82, 2.24) is 24.8 Å². The molecule has 2 saturated heterocycles. The van der Waals surface area contributed by atoms with E-state index in [0.29, 0.717) is 31.1 Å². The summed E-state index contributed by atoms with van der Waals surface area (Å²) in [5, 5.41) is 27.0. The number of fused-ring (bicyclic) bond motifs is 1. The summed E-state index contributed by atoms with van der Waals surface area (Å²) in [6.45, 7) is 9.45. The molecule has 0 aliphatic carbocycles. The van der Waals surface area contributed by atoms with Gasteiger partial charge in [-0.05, 0) is 44.9 Å². The summed E-state index contributed by atoms with van der Waals surface area (Å²) in [5.41, 5.74) is 2.56. The Labute approximate surface area is 234 Å². The lowest BCUT2D eigenvalue weighted by Crippen LogP contribution is -2.62. The minimum Gasteiger partial charge on any atom is -0.492 e. The van der Waals surface area contributed by atoms with Crippen molar-refractivity contribution < 1.29 is 19.4 Å². The molecular formula is C29H37N7O4. The van der Waals surface area contributed by atoms with Gasteiger partial charge < -0.3 is 24.8 Å². The molecule has 0 saturated carbocycles. The van der Waals surface area contributed by atoms with Crippen molar-refractivity contribution in [3.05, 3.63) is 42.4 Å². The number of nitriles is 1. The zero-order valence-electron chi connectivity index (χ0n) is 23.2. The number of aromatic nitrogens is 3. The summed E-state index contributed by atoms with van der Waals surface area (Å²) >= 11 is 0. The van der Waals surface area contributed by atoms with E-state index in [1.807, 2.05) is 31.3 Å². The Kier molecular flexibility index (Phi) is 8.49. The molecule has 0 aromatic carbocycles. The normalized spacial score (nSPS) is 18.3. The monoisotopic (exact) mass is 547 g/mol. The van der Waals surface area contributed by atoms with E-state index in [1.165, 1.54) is 0 Å². The van der Waals surface area contributed by atoms with Gasteiger partial charge in [-0.25, -0.2) is 9.50 Å². The standard InChI is InChI=1S/C29H37N7O4/c1-3-40-24-15-25(28-23(16-30)18-32-36(28)19-24)22-4-5-26(31-17-22)35-8-6-29(7-9-35,33-27(38)14-21(2)37)20-34-10-12-39-13-11-34/h4-5,15,17-19,21,37H,3,6-14,20H2,1-2H3,(H,33,38). The van der Waals surface area contributed by atoms with Gasteiger partial charge in [-0.3, -0.25) is 9.69 Å². The van der Waals surface area contributed by atoms with Gasteiger partial charge in [0.1, 0.15) is 17.6 Å². The Morgan fingerprint density at radius 1 is 1.25 bits per heavy atom. The molecule has 5 heterocycles. The molecule has 1 atom stereocenters. The van der Waals surface area contributed by atoms with E-state index in [1.54, 1.807) is 23.8 Å². The van der Waals surface area contributed by atoms with Crippen LogP contribution in [0.5, 0.6) is 5.75 Å². The van der Waals surface area contributed by atoms with E-state index in [-0.39, 0.29) is 17.9 Å². The van der Waals surface area contributed by atoms with Gasteiger partial charge >= 0.3 is 0 Å². The van der Waals surface area contributed by atoms with Crippen LogP contribution >= 0.6 is 0 Å². The van der Waals surface area contributed by atoms with Crippen LogP contribution < -0.4 is 15.0 Å². The number of carbonyl (C=O) groups excluding carboxylic acids is 1. The van der Waals surface area contributed by atoms with Crippen LogP contribution in [0.15, 0.2) is 36.8 Å². The van der Waals surface area contributed by atoms with E-state index in [2.05, 4.69) is 26.3 Å². The summed E-state index contributed by atoms with van der Waals surface area (Å²) in [6.07, 6.45) is 6.14. The number of hydrogen-bond donors (Lipinski definition) is 2. The second-order valence-electron chi connectivity index (χ2n) is 10.6. The van der Waals surface area contributed by atoms with E-state index in [0.717, 1.165) is 68.0 Å². The number of aliphatic hydroxyl groups is 1. The van der Waals surface area contributed by atoms with Crippen LogP contribution in [0.2, 0.25) is 0 Å². The maximum absolute atomic E-state index is 12.7. The highest BCUT2D eigenvalue weighted by atomic mass is 16.5. The highest BCUT2D eigenvalue weighted by molar-refractivity contribution is 5.85. The molecule has 0 spiro atoms. The Bertz CT molecular complexity index is 1350. The largest absolute Gasteiger partial charge is 0.492 e. The number of piperidine rings is 1. The van der Waals surface area contributed by atoms with Gasteiger partial charge in [0.05, 0.1) is 61.4 Å². The molecule has 212 valence electrons. The highest BCUT2D eigenvalue weighted by Gasteiger charge is 2.38. The van der Waals surface area contributed by atoms with Crippen LogP contribution in [0.25, 0.3) is 16.6 Å². The minimum atomic E-state index is -0.675. The summed E-state index contributed by atoms with van der Waals surface area (Å²) in [5.74, 6) is 1.42. The number of carbonyl (C=O) groups is 1. The number of hydrogen-bond acceptors (Lipinski definition) is 9. The number of anilines is 1. The van der Waals surface area contributed by atoms with Crippen LogP contribution in [0.3, 0.4) is 0 Å². The minimum absolute atomic E-state index is 0.0973. The smallest absolute Gasteiger partial charge is 0.223 e. The summed E-state index contributed by atoms with van der Waals surface area (Å²) < 4.78 is 12.9. The molecule has 1 amide bonds. The Hall–Kier alpha value is -3.72. The third-order valence-electron chi connectivity index (χ3n) is 7.64. The van der Waals surface area contributed by atoms with Gasteiger partial charge in [-0.1, -0.05) is 0 Å². The molecule has 11 nitrogen and oxygen atoms in total. The van der Waals surface area contributed by atoms with Gasteiger partial charge in [0.25, 0.3) is 0 Å². The van der Waals surface area contributed by atoms with Crippen LogP contribution in [0.4, 0.5) is 5.82 Å². The fourth-order valence-corrected chi connectivity index (χ4v) is 5.67. The number of ether oxygens (including phenoxy) is 2. The van der Waals surface area contributed by atoms with Gasteiger partial charge in [0.15, 0.2) is 0 Å². The molecule has 5 rings (SSSR count). The van der Waals surface area contributed by atoms with Crippen LogP contribution in [0.1, 0.15) is 38.7 Å². The van der Waals surface area contributed by atoms with Crippen LogP contribution in [0, 0.1) is 11.3 Å². The summed E-state index contributed by atoms with van der Waals surface area (Å²) in [4.78, 5) is 22.1. The summed E-state index contributed by atoms with van der Waals surface area (Å²) in [6, 6.07) is 8.17. The maximum atomic E-state index is 12.7. The van der Waals surface area contributed by atoms with Gasteiger partial charge in [-0.15, -0.1) is 0 Å². The van der Waals surface area contributed by atoms with Crippen molar-refractivity contribution in [2.24, 2.45) is 0 Å². The molecule has 2 N–H and O–H groups in total. The lowest BCUT2D eigenvalue weighted by Gasteiger charge is -2.46. The second-order valence-corrected chi connectivity index (χ2v) is 10.6. The van der Waals surface area contributed by atoms with Gasteiger partial charge in [-0.2, -0.15) is 10.4 Å². The SMILES string of the molecule is CCOc1cc(-c2ccc(N3CCC(CN4CCOCC4)(NC(=O)CC(C)O)CC3)nc2)c2c(C#N)cnn2c1. The molecule has 3 aromatic rings. The zero-order chi connectivity index (χ0) is 28.1. The first-order valence-corrected chi connectivity index (χ1v) is 13.9. The number of nitrogens with zero attached hydrogens (tertiary/aromatic N) is 6. The van der Waals surface area contributed by atoms with Crippen LogP contribution in [-0.4, -0.2) is 94.7 Å². The van der Waals surface area contributed by atoms with Crippen LogP contribution in [-0.2, 0) is 9.53 Å². The molecular weight excluding hydrogens is 510 g/mol. The van der Waals surface area contributed by atoms with E-state index in [4.69, 9.17) is 14.5 Å². The average molecular weight is 548 g/mol. The molecule has 0 bridgehead atoms. The van der Waals surface area contributed by atoms with E-state index < -0.39 is 6.10 Å². The molecule has 2 aliphatic rings. The van der Waals surface area contributed by atoms with Crippen molar-refractivity contribution in [3.63, 3.8) is 0 Å². The molecule has 2 aliphatic heterocycles. The topological polar surface area (TPSA) is 128 Å². The predicted molar refractivity (Wildman–Crippen MR) is 150 cm³/mol. The van der Waals surface area contributed by atoms with Gasteiger partial charge in [0, 0.05) is 50.0 Å². The Balaban J connectivity index is 1.33. The van der Waals surface area contributed by atoms with E-state index in [9.17, 15) is 15.2 Å². The molecule has 2 fully saturated rings. The molecule has 0 radical (unpaired) electrons. The fourth-order valence-electron chi connectivity index (χ4n) is 5.67. The average Bonchev–Trinajstić information content (AvgIpc) is 3.36.